The molecule has 0 atom stereocenters. The fraction of sp³-hybridized carbons (Fsp3) is 0.333. The summed E-state index contributed by atoms with van der Waals surface area (Å²) in [6, 6.07) is 4.41. The molecule has 0 amide bonds. The van der Waals surface area contributed by atoms with Crippen LogP contribution < -0.4 is 14.6 Å². The molecule has 0 saturated carbocycles. The van der Waals surface area contributed by atoms with Crippen molar-refractivity contribution in [3.05, 3.63) is 24.0 Å². The number of rotatable bonds is 3. The zero-order valence-corrected chi connectivity index (χ0v) is 10.8. The number of anilines is 1. The Bertz CT molecular complexity index is 323. The van der Waals surface area contributed by atoms with E-state index < -0.39 is 5.82 Å². The number of hydrogen-bond acceptors (Lipinski definition) is 3. The predicted octanol–water partition coefficient (Wildman–Crippen LogP) is 3.02. The molecule has 0 aliphatic carbocycles. The summed E-state index contributed by atoms with van der Waals surface area (Å²) in [7, 11) is 0. The number of nitrogens with zero attached hydrogens (tertiary/aromatic N) is 1. The van der Waals surface area contributed by atoms with Crippen LogP contribution in [0.2, 0.25) is 0 Å². The standard InChI is InChI=1S/C9H12BrFN2O.ClH/c1-6(2)14-7-3-4-8(11)9(5-7)13(10)12;/h3-6H,12H2,1-2H3;1H. The van der Waals surface area contributed by atoms with E-state index in [-0.39, 0.29) is 24.2 Å². The second-order valence-corrected chi connectivity index (χ2v) is 3.86. The first kappa shape index (κ1) is 14.5. The van der Waals surface area contributed by atoms with Gasteiger partial charge in [0, 0.05) is 6.07 Å². The van der Waals surface area contributed by atoms with Crippen molar-refractivity contribution in [2.45, 2.75) is 20.0 Å². The maximum atomic E-state index is 13.2. The van der Waals surface area contributed by atoms with Crippen LogP contribution in [0.3, 0.4) is 0 Å². The minimum absolute atomic E-state index is 0. The quantitative estimate of drug-likeness (QED) is 0.530. The van der Waals surface area contributed by atoms with Gasteiger partial charge in [-0.15, -0.1) is 12.4 Å². The molecule has 1 rings (SSSR count). The first-order chi connectivity index (χ1) is 6.50. The van der Waals surface area contributed by atoms with E-state index in [1.165, 1.54) is 12.1 Å². The Balaban J connectivity index is 0.00000196. The van der Waals surface area contributed by atoms with Crippen LogP contribution in [0.4, 0.5) is 10.1 Å². The molecule has 6 heteroatoms. The number of nitrogens with two attached hydrogens (primary N) is 1. The molecule has 0 unspecified atom stereocenters. The highest BCUT2D eigenvalue weighted by atomic mass is 79.9. The Kier molecular flexibility index (Phi) is 5.93. The topological polar surface area (TPSA) is 38.5 Å². The zero-order valence-electron chi connectivity index (χ0n) is 8.41. The number of ether oxygens (including phenoxy) is 1. The van der Waals surface area contributed by atoms with Gasteiger partial charge in [-0.3, -0.25) is 0 Å². The van der Waals surface area contributed by atoms with E-state index >= 15 is 0 Å². The van der Waals surface area contributed by atoms with Crippen molar-refractivity contribution < 1.29 is 9.13 Å². The van der Waals surface area contributed by atoms with Gasteiger partial charge in [0.05, 0.1) is 22.3 Å². The van der Waals surface area contributed by atoms with Crippen LogP contribution in [0.5, 0.6) is 5.75 Å². The summed E-state index contributed by atoms with van der Waals surface area (Å²) in [5.74, 6) is 5.56. The fourth-order valence-corrected chi connectivity index (χ4v) is 1.27. The summed E-state index contributed by atoms with van der Waals surface area (Å²) in [6.07, 6.45) is 0.0508. The first-order valence-corrected chi connectivity index (χ1v) is 4.88. The lowest BCUT2D eigenvalue weighted by Gasteiger charge is -2.14. The Labute approximate surface area is 103 Å². The van der Waals surface area contributed by atoms with E-state index in [1.54, 1.807) is 6.07 Å². The molecule has 1 aromatic rings. The maximum Gasteiger partial charge on any atom is 0.149 e. The molecule has 1 aromatic carbocycles. The molecule has 2 N–H and O–H groups in total. The lowest BCUT2D eigenvalue weighted by atomic mass is 10.3. The lowest BCUT2D eigenvalue weighted by molar-refractivity contribution is 0.242. The lowest BCUT2D eigenvalue weighted by Crippen LogP contribution is -2.19. The van der Waals surface area contributed by atoms with Gasteiger partial charge in [0.15, 0.2) is 0 Å². The van der Waals surface area contributed by atoms with Crippen LogP contribution in [0.1, 0.15) is 13.8 Å². The predicted molar refractivity (Wildman–Crippen MR) is 65.0 cm³/mol. The Hall–Kier alpha value is -0.520. The SMILES string of the molecule is CC(C)Oc1ccc(F)c(N(N)Br)c1.Cl. The molecule has 0 fully saturated rings. The number of benzene rings is 1. The van der Waals surface area contributed by atoms with Gasteiger partial charge >= 0.3 is 0 Å². The molecule has 0 aliphatic rings. The third-order valence-corrected chi connectivity index (χ3v) is 1.90. The van der Waals surface area contributed by atoms with Crippen molar-refractivity contribution in [2.75, 3.05) is 4.03 Å². The molecule has 0 heterocycles. The van der Waals surface area contributed by atoms with E-state index in [2.05, 4.69) is 16.1 Å². The third-order valence-electron chi connectivity index (χ3n) is 1.52. The van der Waals surface area contributed by atoms with Crippen molar-refractivity contribution >= 4 is 34.2 Å². The molecule has 0 aromatic heterocycles. The summed E-state index contributed by atoms with van der Waals surface area (Å²) < 4.78 is 19.6. The highest BCUT2D eigenvalue weighted by molar-refractivity contribution is 9.10. The number of halogens is 3. The van der Waals surface area contributed by atoms with Gasteiger partial charge in [0.2, 0.25) is 0 Å². The van der Waals surface area contributed by atoms with E-state index in [1.807, 2.05) is 13.8 Å². The van der Waals surface area contributed by atoms with Crippen LogP contribution in [0, 0.1) is 5.82 Å². The van der Waals surface area contributed by atoms with Gasteiger partial charge in [-0.25, -0.2) is 14.3 Å². The van der Waals surface area contributed by atoms with Gasteiger partial charge in [-0.2, -0.15) is 0 Å². The Morgan fingerprint density at radius 1 is 1.47 bits per heavy atom. The summed E-state index contributed by atoms with van der Waals surface area (Å²) in [4.78, 5) is 0. The fourth-order valence-electron chi connectivity index (χ4n) is 1.00. The monoisotopic (exact) mass is 298 g/mol. The Morgan fingerprint density at radius 3 is 2.53 bits per heavy atom. The van der Waals surface area contributed by atoms with E-state index in [9.17, 15) is 4.39 Å². The van der Waals surface area contributed by atoms with E-state index in [0.29, 0.717) is 5.75 Å². The average molecular weight is 300 g/mol. The smallest absolute Gasteiger partial charge is 0.149 e. The van der Waals surface area contributed by atoms with Crippen LogP contribution in [0.15, 0.2) is 18.2 Å². The van der Waals surface area contributed by atoms with E-state index in [0.717, 1.165) is 4.03 Å². The second kappa shape index (κ2) is 6.15. The van der Waals surface area contributed by atoms with E-state index in [4.69, 9.17) is 10.6 Å². The minimum Gasteiger partial charge on any atom is -0.491 e. The molecule has 0 radical (unpaired) electrons. The molecule has 0 saturated heterocycles. The summed E-state index contributed by atoms with van der Waals surface area (Å²) in [6.45, 7) is 3.80. The van der Waals surface area contributed by atoms with Crippen molar-refractivity contribution in [2.24, 2.45) is 5.84 Å². The molecular formula is C9H13BrClFN2O. The van der Waals surface area contributed by atoms with Gasteiger partial charge in [-0.1, -0.05) is 0 Å². The summed E-state index contributed by atoms with van der Waals surface area (Å²) in [5.41, 5.74) is 0.239. The first-order valence-electron chi connectivity index (χ1n) is 4.17. The van der Waals surface area contributed by atoms with Gasteiger partial charge in [0.25, 0.3) is 0 Å². The van der Waals surface area contributed by atoms with Gasteiger partial charge in [-0.05, 0) is 26.0 Å². The van der Waals surface area contributed by atoms with Gasteiger partial charge < -0.3 is 4.74 Å². The van der Waals surface area contributed by atoms with Crippen molar-refractivity contribution in [3.63, 3.8) is 0 Å². The normalized spacial score (nSPS) is 9.73. The van der Waals surface area contributed by atoms with Crippen molar-refractivity contribution in [3.8, 4) is 5.75 Å². The molecule has 0 spiro atoms. The van der Waals surface area contributed by atoms with Crippen molar-refractivity contribution in [1.82, 2.24) is 0 Å². The second-order valence-electron chi connectivity index (χ2n) is 3.09. The highest BCUT2D eigenvalue weighted by Crippen LogP contribution is 2.25. The molecule has 86 valence electrons. The molecule has 0 bridgehead atoms. The third kappa shape index (κ3) is 4.24. The molecular weight excluding hydrogens is 286 g/mol. The number of hydrogen-bond donors (Lipinski definition) is 1. The Morgan fingerprint density at radius 2 is 2.07 bits per heavy atom. The summed E-state index contributed by atoms with van der Waals surface area (Å²) in [5, 5.41) is 0. The molecule has 3 nitrogen and oxygen atoms in total. The largest absolute Gasteiger partial charge is 0.491 e. The van der Waals surface area contributed by atoms with Crippen LogP contribution in [0.25, 0.3) is 0 Å². The highest BCUT2D eigenvalue weighted by Gasteiger charge is 2.08. The average Bonchev–Trinajstić information content (AvgIpc) is 2.07. The van der Waals surface area contributed by atoms with Gasteiger partial charge in [0.1, 0.15) is 17.3 Å². The van der Waals surface area contributed by atoms with Crippen molar-refractivity contribution in [1.29, 1.82) is 0 Å². The van der Waals surface area contributed by atoms with Crippen LogP contribution >= 0.6 is 28.6 Å². The molecule has 0 aliphatic heterocycles. The minimum atomic E-state index is -0.402. The maximum absolute atomic E-state index is 13.2. The van der Waals surface area contributed by atoms with Crippen LogP contribution in [-0.2, 0) is 0 Å². The van der Waals surface area contributed by atoms with Crippen LogP contribution in [-0.4, -0.2) is 6.10 Å². The molecule has 15 heavy (non-hydrogen) atoms. The summed E-state index contributed by atoms with van der Waals surface area (Å²) >= 11 is 2.95. The zero-order chi connectivity index (χ0) is 10.7. The number of hydrazine groups is 1.